The van der Waals surface area contributed by atoms with Crippen LogP contribution in [0.25, 0.3) is 0 Å². The van der Waals surface area contributed by atoms with Gasteiger partial charge in [0.2, 0.25) is 0 Å². The zero-order valence-corrected chi connectivity index (χ0v) is 13.7. The van der Waals surface area contributed by atoms with E-state index >= 15 is 0 Å². The van der Waals surface area contributed by atoms with Gasteiger partial charge in [-0.05, 0) is 35.7 Å². The molecule has 1 aliphatic heterocycles. The van der Waals surface area contributed by atoms with Crippen molar-refractivity contribution >= 4 is 39.1 Å². The zero-order chi connectivity index (χ0) is 14.9. The molecule has 0 saturated carbocycles. The van der Waals surface area contributed by atoms with Gasteiger partial charge in [0.25, 0.3) is 5.91 Å². The summed E-state index contributed by atoms with van der Waals surface area (Å²) in [5.41, 5.74) is 0. The molecule has 1 unspecified atom stereocenters. The van der Waals surface area contributed by atoms with E-state index < -0.39 is 11.9 Å². The lowest BCUT2D eigenvalue weighted by Gasteiger charge is -2.30. The molecule has 0 bridgehead atoms. The quantitative estimate of drug-likeness (QED) is 0.898. The Balaban J connectivity index is 2.23. The van der Waals surface area contributed by atoms with Crippen LogP contribution in [-0.2, 0) is 4.79 Å². The normalized spacial score (nSPS) is 18.9. The third kappa shape index (κ3) is 2.83. The first kappa shape index (κ1) is 15.3. The summed E-state index contributed by atoms with van der Waals surface area (Å²) in [6.07, 6.45) is 1.35. The highest BCUT2D eigenvalue weighted by atomic mass is 79.9. The number of aryl methyl sites for hydroxylation is 1. The summed E-state index contributed by atoms with van der Waals surface area (Å²) in [6.45, 7) is 2.77. The summed E-state index contributed by atoms with van der Waals surface area (Å²) >= 11 is 4.78. The minimum Gasteiger partial charge on any atom is -0.494 e. The predicted octanol–water partition coefficient (Wildman–Crippen LogP) is 2.76. The summed E-state index contributed by atoms with van der Waals surface area (Å²) in [4.78, 5) is 26.7. The fourth-order valence-electron chi connectivity index (χ4n) is 2.33. The third-order valence-corrected chi connectivity index (χ3v) is 5.72. The van der Waals surface area contributed by atoms with E-state index in [1.807, 2.05) is 6.92 Å². The average Bonchev–Trinajstić information content (AvgIpc) is 2.73. The number of amides is 1. The molecule has 1 fully saturated rings. The SMILES string of the molecule is COc1c(C(=O)N2CCCC(C(=O)O)C2)sc(C)c1Br. The van der Waals surface area contributed by atoms with E-state index in [0.717, 1.165) is 15.8 Å². The number of nitrogens with zero attached hydrogens (tertiary/aromatic N) is 1. The van der Waals surface area contributed by atoms with Gasteiger partial charge in [-0.2, -0.15) is 0 Å². The first-order valence-corrected chi connectivity index (χ1v) is 7.91. The number of carboxylic acid groups (broad SMARTS) is 1. The number of hydrogen-bond acceptors (Lipinski definition) is 4. The molecule has 5 nitrogen and oxygen atoms in total. The number of carbonyl (C=O) groups is 2. The number of halogens is 1. The number of ether oxygens (including phenoxy) is 1. The highest BCUT2D eigenvalue weighted by molar-refractivity contribution is 9.10. The molecule has 1 saturated heterocycles. The fourth-order valence-corrected chi connectivity index (χ4v) is 4.05. The molecule has 2 heterocycles. The maximum atomic E-state index is 12.6. The van der Waals surface area contributed by atoms with Crippen molar-refractivity contribution in [2.45, 2.75) is 19.8 Å². The highest BCUT2D eigenvalue weighted by Gasteiger charge is 2.31. The Morgan fingerprint density at radius 1 is 1.50 bits per heavy atom. The first-order valence-electron chi connectivity index (χ1n) is 6.30. The van der Waals surface area contributed by atoms with Crippen LogP contribution >= 0.6 is 27.3 Å². The largest absolute Gasteiger partial charge is 0.494 e. The minimum absolute atomic E-state index is 0.147. The summed E-state index contributed by atoms with van der Waals surface area (Å²) in [6, 6.07) is 0. The topological polar surface area (TPSA) is 66.8 Å². The Kier molecular flexibility index (Phi) is 4.70. The molecule has 0 aliphatic carbocycles. The number of methoxy groups -OCH3 is 1. The van der Waals surface area contributed by atoms with Crippen LogP contribution in [0.5, 0.6) is 5.75 Å². The number of hydrogen-bond donors (Lipinski definition) is 1. The van der Waals surface area contributed by atoms with Gasteiger partial charge < -0.3 is 14.7 Å². The van der Waals surface area contributed by atoms with Crippen molar-refractivity contribution in [1.82, 2.24) is 4.90 Å². The summed E-state index contributed by atoms with van der Waals surface area (Å²) < 4.78 is 6.07. The minimum atomic E-state index is -0.835. The molecule has 1 amide bonds. The van der Waals surface area contributed by atoms with E-state index in [4.69, 9.17) is 9.84 Å². The molecule has 1 N–H and O–H groups in total. The maximum absolute atomic E-state index is 12.6. The molecule has 0 aromatic carbocycles. The predicted molar refractivity (Wildman–Crippen MR) is 79.6 cm³/mol. The van der Waals surface area contributed by atoms with Gasteiger partial charge in [0, 0.05) is 18.0 Å². The molecule has 1 aliphatic rings. The van der Waals surface area contributed by atoms with Crippen LogP contribution in [0.3, 0.4) is 0 Å². The van der Waals surface area contributed by atoms with E-state index in [9.17, 15) is 9.59 Å². The van der Waals surface area contributed by atoms with E-state index in [1.165, 1.54) is 18.4 Å². The van der Waals surface area contributed by atoms with Gasteiger partial charge in [-0.25, -0.2) is 0 Å². The number of rotatable bonds is 3. The lowest BCUT2D eigenvalue weighted by atomic mass is 9.98. The van der Waals surface area contributed by atoms with Crippen LogP contribution < -0.4 is 4.74 Å². The lowest BCUT2D eigenvalue weighted by Crippen LogP contribution is -2.42. The van der Waals surface area contributed by atoms with Gasteiger partial charge in [-0.3, -0.25) is 9.59 Å². The number of thiophene rings is 1. The van der Waals surface area contributed by atoms with Crippen molar-refractivity contribution in [3.05, 3.63) is 14.2 Å². The summed E-state index contributed by atoms with van der Waals surface area (Å²) in [5.74, 6) is -0.914. The molecular weight excluding hydrogens is 346 g/mol. The molecule has 110 valence electrons. The van der Waals surface area contributed by atoms with E-state index in [1.54, 1.807) is 4.90 Å². The van der Waals surface area contributed by atoms with Crippen molar-refractivity contribution in [3.63, 3.8) is 0 Å². The smallest absolute Gasteiger partial charge is 0.308 e. The maximum Gasteiger partial charge on any atom is 0.308 e. The molecule has 7 heteroatoms. The van der Waals surface area contributed by atoms with Crippen LogP contribution in [0.2, 0.25) is 0 Å². The Bertz CT molecular complexity index is 543. The Morgan fingerprint density at radius 2 is 2.20 bits per heavy atom. The van der Waals surface area contributed by atoms with Crippen molar-refractivity contribution in [3.8, 4) is 5.75 Å². The number of carbonyl (C=O) groups excluding carboxylic acids is 1. The Hall–Kier alpha value is -1.08. The van der Waals surface area contributed by atoms with Crippen LogP contribution in [0.15, 0.2) is 4.47 Å². The molecule has 1 aromatic heterocycles. The zero-order valence-electron chi connectivity index (χ0n) is 11.3. The third-order valence-electron chi connectivity index (χ3n) is 3.43. The molecule has 0 radical (unpaired) electrons. The number of piperidine rings is 1. The lowest BCUT2D eigenvalue weighted by molar-refractivity contribution is -0.143. The van der Waals surface area contributed by atoms with Crippen molar-refractivity contribution in [2.75, 3.05) is 20.2 Å². The van der Waals surface area contributed by atoms with Crippen LogP contribution in [-0.4, -0.2) is 42.1 Å². The first-order chi connectivity index (χ1) is 9.45. The molecule has 2 rings (SSSR count). The molecule has 1 atom stereocenters. The Labute approximate surface area is 129 Å². The van der Waals surface area contributed by atoms with E-state index in [2.05, 4.69) is 15.9 Å². The van der Waals surface area contributed by atoms with Crippen molar-refractivity contribution in [2.24, 2.45) is 5.92 Å². The van der Waals surface area contributed by atoms with Crippen molar-refractivity contribution in [1.29, 1.82) is 0 Å². The number of carboxylic acids is 1. The van der Waals surface area contributed by atoms with Gasteiger partial charge in [0.1, 0.15) is 4.88 Å². The average molecular weight is 362 g/mol. The van der Waals surface area contributed by atoms with Crippen LogP contribution in [0.4, 0.5) is 0 Å². The van der Waals surface area contributed by atoms with Crippen LogP contribution in [0, 0.1) is 12.8 Å². The van der Waals surface area contributed by atoms with Gasteiger partial charge in [-0.1, -0.05) is 0 Å². The molecule has 0 spiro atoms. The molecule has 20 heavy (non-hydrogen) atoms. The number of likely N-dealkylation sites (tertiary alicyclic amines) is 1. The second kappa shape index (κ2) is 6.13. The second-order valence-electron chi connectivity index (χ2n) is 4.76. The second-order valence-corrected chi connectivity index (χ2v) is 6.78. The monoisotopic (exact) mass is 361 g/mol. The standard InChI is InChI=1S/C13H16BrNO4S/c1-7-9(14)10(19-2)11(20-7)12(16)15-5-3-4-8(6-15)13(17)18/h8H,3-6H2,1-2H3,(H,17,18). The highest BCUT2D eigenvalue weighted by Crippen LogP contribution is 2.40. The van der Waals surface area contributed by atoms with Crippen molar-refractivity contribution < 1.29 is 19.4 Å². The molecular formula is C13H16BrNO4S. The van der Waals surface area contributed by atoms with Gasteiger partial charge in [0.05, 0.1) is 17.5 Å². The summed E-state index contributed by atoms with van der Waals surface area (Å²) in [7, 11) is 1.53. The summed E-state index contributed by atoms with van der Waals surface area (Å²) in [5, 5.41) is 9.09. The van der Waals surface area contributed by atoms with E-state index in [0.29, 0.717) is 23.6 Å². The van der Waals surface area contributed by atoms with Gasteiger partial charge in [-0.15, -0.1) is 11.3 Å². The van der Waals surface area contributed by atoms with Gasteiger partial charge >= 0.3 is 5.97 Å². The van der Waals surface area contributed by atoms with Gasteiger partial charge in [0.15, 0.2) is 5.75 Å². The number of aliphatic carboxylic acids is 1. The van der Waals surface area contributed by atoms with Crippen LogP contribution in [0.1, 0.15) is 27.4 Å². The fraction of sp³-hybridized carbons (Fsp3) is 0.538. The Morgan fingerprint density at radius 3 is 2.80 bits per heavy atom. The van der Waals surface area contributed by atoms with E-state index in [-0.39, 0.29) is 12.5 Å². The molecule has 1 aromatic rings.